The topological polar surface area (TPSA) is 532 Å². The summed E-state index contributed by atoms with van der Waals surface area (Å²) in [6.45, 7) is 9.87. The van der Waals surface area contributed by atoms with Gasteiger partial charge < -0.3 is 91.0 Å². The van der Waals surface area contributed by atoms with Gasteiger partial charge in [0.05, 0.1) is 6.61 Å². The van der Waals surface area contributed by atoms with Crippen molar-refractivity contribution in [2.45, 2.75) is 204 Å². The quantitative estimate of drug-likeness (QED) is 0.0237. The number of nitrogens with one attached hydrogen (secondary N) is 12. The fourth-order valence-corrected chi connectivity index (χ4v) is 13.1. The van der Waals surface area contributed by atoms with Crippen LogP contribution in [0, 0.1) is 5.92 Å². The normalized spacial score (nSPS) is 14.8. The number of aliphatic hydroxyl groups excluding tert-OH is 1. The number of halogens is 1. The molecule has 1 aliphatic heterocycles. The van der Waals surface area contributed by atoms with E-state index in [1.165, 1.54) is 55.9 Å². The summed E-state index contributed by atoms with van der Waals surface area (Å²) >= 11 is 6.27. The third kappa shape index (κ3) is 29.5. The smallest absolute Gasteiger partial charge is 0.273 e. The second kappa shape index (κ2) is 46.5. The van der Waals surface area contributed by atoms with Crippen LogP contribution in [0.25, 0.3) is 10.8 Å². The van der Waals surface area contributed by atoms with Crippen molar-refractivity contribution in [1.82, 2.24) is 93.6 Å². The molecular formula is C80H108ClN21O14. The van der Waals surface area contributed by atoms with E-state index in [4.69, 9.17) is 28.8 Å². The van der Waals surface area contributed by atoms with Gasteiger partial charge >= 0.3 is 0 Å². The number of fused-ring (bicyclic) bond motifs is 1. The Balaban J connectivity index is 1.16. The molecule has 6 aromatic rings. The molecule has 0 spiro atoms. The van der Waals surface area contributed by atoms with Crippen molar-refractivity contribution in [3.8, 4) is 0 Å². The van der Waals surface area contributed by atoms with E-state index >= 15 is 9.59 Å². The number of nitrogens with zero attached hydrogens (tertiary/aromatic N) is 6. The number of carbonyl (C=O) groups is 13. The van der Waals surface area contributed by atoms with Gasteiger partial charge in [-0.3, -0.25) is 67.3 Å². The van der Waals surface area contributed by atoms with Gasteiger partial charge in [-0.25, -0.2) is 19.9 Å². The van der Waals surface area contributed by atoms with Crippen molar-refractivity contribution in [1.29, 1.82) is 0 Å². The Hall–Kier alpha value is -11.8. The van der Waals surface area contributed by atoms with Crippen LogP contribution in [-0.2, 0) is 72.0 Å². The van der Waals surface area contributed by atoms with Crippen LogP contribution in [0.3, 0.4) is 0 Å². The molecule has 3 aromatic carbocycles. The monoisotopic (exact) mass is 1620 g/mol. The molecule has 0 saturated carbocycles. The van der Waals surface area contributed by atoms with E-state index in [1.807, 2.05) is 56.3 Å². The molecule has 624 valence electrons. The minimum absolute atomic E-state index is 0.00266. The first kappa shape index (κ1) is 91.3. The second-order valence-electron chi connectivity index (χ2n) is 29.3. The third-order valence-electron chi connectivity index (χ3n) is 19.2. The highest BCUT2D eigenvalue weighted by Gasteiger charge is 2.41. The first-order chi connectivity index (χ1) is 55.5. The van der Waals surface area contributed by atoms with Crippen LogP contribution in [0.5, 0.6) is 0 Å². The van der Waals surface area contributed by atoms with Gasteiger partial charge in [-0.15, -0.1) is 0 Å². The number of aromatic nitrogens is 5. The van der Waals surface area contributed by atoms with Gasteiger partial charge in [0.2, 0.25) is 65.0 Å². The number of pyridine rings is 1. The Labute approximate surface area is 678 Å². The van der Waals surface area contributed by atoms with Crippen molar-refractivity contribution in [2.75, 3.05) is 44.3 Å². The first-order valence-electron chi connectivity index (χ1n) is 38.9. The number of unbranched alkanes of at least 4 members (excludes halogenated alkanes) is 3. The van der Waals surface area contributed by atoms with E-state index in [0.717, 1.165) is 10.8 Å². The molecule has 0 aliphatic carbocycles. The summed E-state index contributed by atoms with van der Waals surface area (Å²) in [6.07, 6.45) is 9.68. The summed E-state index contributed by atoms with van der Waals surface area (Å²) in [5.41, 5.74) is 18.7. The minimum atomic E-state index is -1.87. The maximum Gasteiger partial charge on any atom is 0.273 e. The molecule has 36 heteroatoms. The molecule has 35 nitrogen and oxygen atoms in total. The third-order valence-corrected chi connectivity index (χ3v) is 19.4. The standard InChI is InChI=1S/C80H108ClN21O14/c1-46(2)39-59(72(108)97-58(22-11-12-31-86-47(3)4)80(116)102-38-16-23-64(102)77(113)93-48(5)69(84)105)98-71(107)57(21-10-14-33-92-79(115)66-68(83)90-37-35-88-66)95-70(106)56(20-9-13-32-91-78(114)65-67(82)89-36-34-87-65)96-76(112)63(45-103)101-75(111)62(43-52-17-15-30-85-44-52)100-74(110)61(41-50-25-28-55(81)29-26-50)99-73(109)60(94-49(6)104)42-51-24-27-53-18-7-8-19-54(53)40-51/h7-8,15,17-19,24-30,34-37,40,44,46-48,56-64,86,103H,9-14,16,20-23,31-33,38-39,41-43,45H2,1-6H3,(H2,82,89)(H2,83,90)(H2,84,105)(H,91,114)(H,92,115)(H,93,113)(H,94,104)(H,95,106)(H,96,112)(H,97,108)(H,98,107)(H,99,109)(H,100,110)(H,101,111)/t48-,56+,57-,58+,59+,60-,61-,62-,63+,64+/m1/s1. The number of hydrogen-bond acceptors (Lipinski definition) is 22. The summed E-state index contributed by atoms with van der Waals surface area (Å²) in [4.78, 5) is 205. The summed E-state index contributed by atoms with van der Waals surface area (Å²) in [6, 6.07) is 9.18. The number of likely N-dealkylation sites (tertiary alicyclic amines) is 1. The molecule has 1 saturated heterocycles. The molecule has 4 heterocycles. The molecule has 3 aromatic heterocycles. The molecule has 0 unspecified atom stereocenters. The van der Waals surface area contributed by atoms with E-state index in [1.54, 1.807) is 50.2 Å². The molecule has 7 rings (SSSR count). The number of nitrogen functional groups attached to an aromatic ring is 2. The number of carbonyl (C=O) groups excluding carboxylic acids is 13. The molecule has 0 radical (unpaired) electrons. The van der Waals surface area contributed by atoms with E-state index in [-0.39, 0.29) is 132 Å². The highest BCUT2D eigenvalue weighted by molar-refractivity contribution is 6.30. The second-order valence-corrected chi connectivity index (χ2v) is 29.7. The summed E-state index contributed by atoms with van der Waals surface area (Å²) in [5.74, 6) is -10.7. The van der Waals surface area contributed by atoms with Crippen LogP contribution in [0.15, 0.2) is 116 Å². The van der Waals surface area contributed by atoms with Gasteiger partial charge in [0, 0.05) is 94.1 Å². The predicted octanol–water partition coefficient (Wildman–Crippen LogP) is 0.947. The van der Waals surface area contributed by atoms with Crippen LogP contribution in [0.1, 0.15) is 156 Å². The van der Waals surface area contributed by atoms with Crippen LogP contribution in [0.2, 0.25) is 5.02 Å². The molecule has 1 fully saturated rings. The summed E-state index contributed by atoms with van der Waals surface area (Å²) in [5, 5.41) is 46.4. The highest BCUT2D eigenvalue weighted by atomic mass is 35.5. The number of amides is 13. The number of aliphatic hydroxyl groups is 1. The van der Waals surface area contributed by atoms with E-state index in [9.17, 15) is 57.8 Å². The highest BCUT2D eigenvalue weighted by Crippen LogP contribution is 2.23. The molecule has 116 heavy (non-hydrogen) atoms. The summed E-state index contributed by atoms with van der Waals surface area (Å²) < 4.78 is 0. The molecule has 0 bridgehead atoms. The molecule has 10 atom stereocenters. The molecule has 13 amide bonds. The largest absolute Gasteiger partial charge is 0.394 e. The van der Waals surface area contributed by atoms with Crippen LogP contribution in [-0.4, -0.2) is 211 Å². The zero-order chi connectivity index (χ0) is 84.4. The SMILES string of the molecule is CC(=O)N[C@H](Cc1ccc2ccccc2c1)C(=O)N[C@H](Cc1ccc(Cl)cc1)C(=O)N[C@H](Cc1cccnc1)C(=O)N[C@@H](CO)C(=O)N[C@@H](CCCCNC(=O)c1nccnc1N)C(=O)N[C@H](CCCCNC(=O)c1nccnc1N)C(=O)N[C@@H](CC(C)C)C(=O)N[C@@H](CCCCNC(C)C)C(=O)N1CCC[C@H]1C(=O)N[C@H](C)C(N)=O. The molecular weight excluding hydrogens is 1510 g/mol. The van der Waals surface area contributed by atoms with Crippen molar-refractivity contribution >= 4 is 111 Å². The summed E-state index contributed by atoms with van der Waals surface area (Å²) in [7, 11) is 0. The van der Waals surface area contributed by atoms with Gasteiger partial charge in [-0.05, 0) is 142 Å². The average Bonchev–Trinajstić information content (AvgIpc) is 1.24. The Morgan fingerprint density at radius 3 is 1.49 bits per heavy atom. The number of rotatable bonds is 46. The lowest BCUT2D eigenvalue weighted by atomic mass is 9.99. The van der Waals surface area contributed by atoms with Crippen LogP contribution in [0.4, 0.5) is 11.6 Å². The fourth-order valence-electron chi connectivity index (χ4n) is 13.0. The van der Waals surface area contributed by atoms with Crippen LogP contribution < -0.4 is 81.0 Å². The van der Waals surface area contributed by atoms with Gasteiger partial charge in [-0.2, -0.15) is 0 Å². The number of benzene rings is 3. The maximum atomic E-state index is 15.2. The van der Waals surface area contributed by atoms with Crippen molar-refractivity contribution in [2.24, 2.45) is 11.7 Å². The number of anilines is 2. The Morgan fingerprint density at radius 2 is 0.966 bits per heavy atom. The lowest BCUT2D eigenvalue weighted by molar-refractivity contribution is -0.142. The predicted molar refractivity (Wildman–Crippen MR) is 432 cm³/mol. The zero-order valence-electron chi connectivity index (χ0n) is 66.1. The Morgan fingerprint density at radius 1 is 0.500 bits per heavy atom. The van der Waals surface area contributed by atoms with E-state index < -0.39 is 144 Å². The van der Waals surface area contributed by atoms with Crippen molar-refractivity contribution in [3.05, 3.63) is 149 Å². The zero-order valence-corrected chi connectivity index (χ0v) is 66.8. The Kier molecular flexibility index (Phi) is 36.6. The van der Waals surface area contributed by atoms with E-state index in [0.29, 0.717) is 47.5 Å². The lowest BCUT2D eigenvalue weighted by Crippen LogP contribution is -2.61. The number of hydrogen-bond donors (Lipinski definition) is 16. The maximum absolute atomic E-state index is 15.2. The van der Waals surface area contributed by atoms with E-state index in [2.05, 4.69) is 88.7 Å². The lowest BCUT2D eigenvalue weighted by Gasteiger charge is -2.31. The van der Waals surface area contributed by atoms with Gasteiger partial charge in [0.1, 0.15) is 60.4 Å². The van der Waals surface area contributed by atoms with Crippen molar-refractivity contribution in [3.63, 3.8) is 0 Å². The van der Waals surface area contributed by atoms with Gasteiger partial charge in [-0.1, -0.05) is 100.0 Å². The number of primary amides is 1. The molecule has 19 N–H and O–H groups in total. The fraction of sp³-hybridized carbons (Fsp3) is 0.475. The number of nitrogens with two attached hydrogens (primary N) is 3. The van der Waals surface area contributed by atoms with Crippen molar-refractivity contribution < 1.29 is 67.4 Å². The van der Waals surface area contributed by atoms with Gasteiger partial charge in [0.25, 0.3) is 11.8 Å². The Bertz CT molecular complexity index is 4350. The minimum Gasteiger partial charge on any atom is -0.394 e. The molecule has 1 aliphatic rings. The van der Waals surface area contributed by atoms with Crippen LogP contribution >= 0.6 is 11.6 Å². The average molecular weight is 1620 g/mol. The van der Waals surface area contributed by atoms with Gasteiger partial charge in [0.15, 0.2) is 23.0 Å². The first-order valence-corrected chi connectivity index (χ1v) is 39.3.